The Labute approximate surface area is 160 Å². The van der Waals surface area contributed by atoms with Gasteiger partial charge in [-0.05, 0) is 30.9 Å². The molecule has 1 aliphatic heterocycles. The van der Waals surface area contributed by atoms with Crippen LogP contribution in [0.1, 0.15) is 18.5 Å². The zero-order chi connectivity index (χ0) is 20.4. The molecule has 2 aromatic heterocycles. The fourth-order valence-corrected chi connectivity index (χ4v) is 3.51. The van der Waals surface area contributed by atoms with Gasteiger partial charge in [-0.1, -0.05) is 0 Å². The van der Waals surface area contributed by atoms with Crippen molar-refractivity contribution in [3.63, 3.8) is 0 Å². The molecule has 1 atom stereocenters. The monoisotopic (exact) mass is 416 g/mol. The van der Waals surface area contributed by atoms with E-state index >= 15 is 0 Å². The maximum absolute atomic E-state index is 13.3. The second-order valence-electron chi connectivity index (χ2n) is 6.52. The van der Waals surface area contributed by atoms with E-state index in [0.717, 1.165) is 12.5 Å². The van der Waals surface area contributed by atoms with E-state index in [4.69, 9.17) is 5.14 Å². The van der Waals surface area contributed by atoms with Crippen molar-refractivity contribution in [3.8, 4) is 11.4 Å². The second kappa shape index (κ2) is 7.97. The van der Waals surface area contributed by atoms with Gasteiger partial charge in [-0.3, -0.25) is 4.98 Å². The van der Waals surface area contributed by atoms with Crippen LogP contribution in [0.3, 0.4) is 0 Å². The van der Waals surface area contributed by atoms with Gasteiger partial charge in [0.1, 0.15) is 5.82 Å². The molecule has 12 heteroatoms. The molecule has 2 aromatic rings. The van der Waals surface area contributed by atoms with Crippen LogP contribution in [0.5, 0.6) is 0 Å². The number of nitrogens with one attached hydrogen (secondary N) is 1. The van der Waals surface area contributed by atoms with Crippen LogP contribution in [0.4, 0.5) is 19.0 Å². The Kier molecular flexibility index (Phi) is 5.82. The van der Waals surface area contributed by atoms with Gasteiger partial charge >= 0.3 is 6.18 Å². The first-order valence-corrected chi connectivity index (χ1v) is 10.1. The molecule has 152 valence electrons. The maximum Gasteiger partial charge on any atom is 0.433 e. The third kappa shape index (κ3) is 5.36. The predicted octanol–water partition coefficient (Wildman–Crippen LogP) is 1.57. The summed E-state index contributed by atoms with van der Waals surface area (Å²) >= 11 is 0. The Bertz CT molecular complexity index is 924. The molecule has 1 aliphatic rings. The lowest BCUT2D eigenvalue weighted by Crippen LogP contribution is -2.42. The van der Waals surface area contributed by atoms with Crippen LogP contribution in [0.25, 0.3) is 11.4 Å². The summed E-state index contributed by atoms with van der Waals surface area (Å²) < 4.78 is 64.5. The molecule has 1 unspecified atom stereocenters. The van der Waals surface area contributed by atoms with Gasteiger partial charge in [0.05, 0.1) is 0 Å². The van der Waals surface area contributed by atoms with Crippen LogP contribution in [0.15, 0.2) is 30.6 Å². The normalized spacial score (nSPS) is 18.3. The third-order valence-electron chi connectivity index (χ3n) is 4.36. The minimum absolute atomic E-state index is 0.0444. The number of pyridine rings is 1. The van der Waals surface area contributed by atoms with Crippen molar-refractivity contribution in [2.24, 2.45) is 11.1 Å². The van der Waals surface area contributed by atoms with Gasteiger partial charge in [-0.2, -0.15) is 21.6 Å². The lowest BCUT2D eigenvalue weighted by molar-refractivity contribution is -0.141. The van der Waals surface area contributed by atoms with Crippen molar-refractivity contribution < 1.29 is 21.6 Å². The number of hydrogen-bond acceptors (Lipinski definition) is 6. The zero-order valence-corrected chi connectivity index (χ0v) is 15.5. The Hall–Kier alpha value is -2.31. The number of nitrogens with zero attached hydrogens (tertiary/aromatic N) is 4. The minimum atomic E-state index is -4.62. The Morgan fingerprint density at radius 1 is 1.25 bits per heavy atom. The van der Waals surface area contributed by atoms with E-state index in [1.807, 2.05) is 0 Å². The Balaban J connectivity index is 1.89. The molecule has 0 bridgehead atoms. The van der Waals surface area contributed by atoms with E-state index < -0.39 is 22.1 Å². The van der Waals surface area contributed by atoms with Crippen LogP contribution in [0.2, 0.25) is 0 Å². The highest BCUT2D eigenvalue weighted by Crippen LogP contribution is 2.32. The molecule has 0 spiro atoms. The first-order chi connectivity index (χ1) is 13.1. The van der Waals surface area contributed by atoms with E-state index in [1.165, 1.54) is 24.5 Å². The number of piperidine rings is 1. The molecule has 0 amide bonds. The predicted molar refractivity (Wildman–Crippen MR) is 96.3 cm³/mol. The molecule has 3 heterocycles. The number of rotatable bonds is 5. The SMILES string of the molecule is NS(=O)(=O)NCC1CCCN(c2cc(C(F)(F)F)nc(-c3ccncc3)n2)C1. The molecule has 3 N–H and O–H groups in total. The van der Waals surface area contributed by atoms with Gasteiger partial charge in [-0.15, -0.1) is 0 Å². The van der Waals surface area contributed by atoms with Crippen LogP contribution >= 0.6 is 0 Å². The third-order valence-corrected chi connectivity index (χ3v) is 4.93. The molecular formula is C16H19F3N6O2S. The van der Waals surface area contributed by atoms with Crippen LogP contribution < -0.4 is 14.8 Å². The number of anilines is 1. The van der Waals surface area contributed by atoms with Gasteiger partial charge in [0.25, 0.3) is 10.2 Å². The van der Waals surface area contributed by atoms with Crippen LogP contribution in [-0.4, -0.2) is 43.0 Å². The summed E-state index contributed by atoms with van der Waals surface area (Å²) in [6.45, 7) is 0.979. The molecule has 0 saturated carbocycles. The highest BCUT2D eigenvalue weighted by Gasteiger charge is 2.35. The lowest BCUT2D eigenvalue weighted by atomic mass is 9.98. The molecule has 8 nitrogen and oxygen atoms in total. The van der Waals surface area contributed by atoms with E-state index in [0.29, 0.717) is 25.1 Å². The van der Waals surface area contributed by atoms with Gasteiger partial charge in [-0.25, -0.2) is 19.8 Å². The largest absolute Gasteiger partial charge is 0.433 e. The van der Waals surface area contributed by atoms with Gasteiger partial charge < -0.3 is 4.90 Å². The number of aromatic nitrogens is 3. The standard InChI is InChI=1S/C16H19F3N6O2S/c17-16(18,19)13-8-14(24-15(23-13)12-3-5-21-6-4-12)25-7-1-2-11(10-25)9-22-28(20,26)27/h3-6,8,11,22H,1-2,7,9-10H2,(H2,20,26,27). The Morgan fingerprint density at radius 2 is 1.96 bits per heavy atom. The van der Waals surface area contributed by atoms with Crippen molar-refractivity contribution in [1.82, 2.24) is 19.7 Å². The summed E-state index contributed by atoms with van der Waals surface area (Å²) in [5.74, 6) is 0.00667. The zero-order valence-electron chi connectivity index (χ0n) is 14.7. The quantitative estimate of drug-likeness (QED) is 0.765. The van der Waals surface area contributed by atoms with E-state index in [-0.39, 0.29) is 24.1 Å². The van der Waals surface area contributed by atoms with Gasteiger partial charge in [0.2, 0.25) is 0 Å². The summed E-state index contributed by atoms with van der Waals surface area (Å²) in [5, 5.41) is 4.95. The smallest absolute Gasteiger partial charge is 0.356 e. The lowest BCUT2D eigenvalue weighted by Gasteiger charge is -2.34. The maximum atomic E-state index is 13.3. The molecule has 0 aromatic carbocycles. The van der Waals surface area contributed by atoms with E-state index in [2.05, 4.69) is 19.7 Å². The number of halogens is 3. The highest BCUT2D eigenvalue weighted by atomic mass is 32.2. The molecule has 1 fully saturated rings. The first kappa shape index (κ1) is 20.4. The van der Waals surface area contributed by atoms with Crippen LogP contribution in [-0.2, 0) is 16.4 Å². The highest BCUT2D eigenvalue weighted by molar-refractivity contribution is 7.87. The minimum Gasteiger partial charge on any atom is -0.356 e. The summed E-state index contributed by atoms with van der Waals surface area (Å²) in [7, 11) is -3.82. The molecule has 28 heavy (non-hydrogen) atoms. The molecule has 1 saturated heterocycles. The topological polar surface area (TPSA) is 114 Å². The fourth-order valence-electron chi connectivity index (χ4n) is 3.05. The number of alkyl halides is 3. The summed E-state index contributed by atoms with van der Waals surface area (Å²) in [6, 6.07) is 3.99. The first-order valence-electron chi connectivity index (χ1n) is 8.51. The van der Waals surface area contributed by atoms with Crippen molar-refractivity contribution in [2.45, 2.75) is 19.0 Å². The molecule has 0 radical (unpaired) electrons. The van der Waals surface area contributed by atoms with Gasteiger partial charge in [0.15, 0.2) is 11.5 Å². The van der Waals surface area contributed by atoms with E-state index in [9.17, 15) is 21.6 Å². The number of hydrogen-bond donors (Lipinski definition) is 2. The molecule has 3 rings (SSSR count). The average Bonchev–Trinajstić information content (AvgIpc) is 2.66. The fraction of sp³-hybridized carbons (Fsp3) is 0.438. The second-order valence-corrected chi connectivity index (χ2v) is 7.90. The number of nitrogens with two attached hydrogens (primary N) is 1. The molecule has 0 aliphatic carbocycles. The van der Waals surface area contributed by atoms with Crippen LogP contribution in [0, 0.1) is 5.92 Å². The van der Waals surface area contributed by atoms with E-state index in [1.54, 1.807) is 4.90 Å². The summed E-state index contributed by atoms with van der Waals surface area (Å²) in [4.78, 5) is 13.5. The van der Waals surface area contributed by atoms with Gasteiger partial charge in [0, 0.05) is 43.7 Å². The molecular weight excluding hydrogens is 397 g/mol. The summed E-state index contributed by atoms with van der Waals surface area (Å²) in [6.07, 6.45) is -0.298. The average molecular weight is 416 g/mol. The van der Waals surface area contributed by atoms with Crippen molar-refractivity contribution in [3.05, 3.63) is 36.3 Å². The van der Waals surface area contributed by atoms with Crippen molar-refractivity contribution in [2.75, 3.05) is 24.5 Å². The Morgan fingerprint density at radius 3 is 2.61 bits per heavy atom. The summed E-state index contributed by atoms with van der Waals surface area (Å²) in [5.41, 5.74) is -0.610. The van der Waals surface area contributed by atoms with Crippen molar-refractivity contribution in [1.29, 1.82) is 0 Å². The van der Waals surface area contributed by atoms with Crippen molar-refractivity contribution >= 4 is 16.0 Å².